The van der Waals surface area contributed by atoms with E-state index in [1.54, 1.807) is 24.1 Å². The number of nitrogens with one attached hydrogen (secondary N) is 1. The number of pyridine rings is 1. The summed E-state index contributed by atoms with van der Waals surface area (Å²) in [6, 6.07) is 5.66. The molecule has 1 aliphatic heterocycles. The van der Waals surface area contributed by atoms with Crippen LogP contribution in [0, 0.1) is 18.3 Å². The molecule has 20 heavy (non-hydrogen) atoms. The zero-order chi connectivity index (χ0) is 14.5. The number of anilines is 1. The monoisotopic (exact) mass is 273 g/mol. The molecule has 2 rings (SSSR count). The fraction of sp³-hybridized carbons (Fsp3) is 0.500. The van der Waals surface area contributed by atoms with Gasteiger partial charge in [0.05, 0.1) is 12.1 Å². The van der Waals surface area contributed by atoms with Gasteiger partial charge >= 0.3 is 0 Å². The summed E-state index contributed by atoms with van der Waals surface area (Å²) >= 11 is 0. The Morgan fingerprint density at radius 3 is 2.85 bits per heavy atom. The van der Waals surface area contributed by atoms with E-state index in [1.165, 1.54) is 0 Å². The van der Waals surface area contributed by atoms with Crippen LogP contribution in [0.1, 0.15) is 11.3 Å². The van der Waals surface area contributed by atoms with Crippen LogP contribution < -0.4 is 10.2 Å². The average molecular weight is 273 g/mol. The lowest BCUT2D eigenvalue weighted by molar-refractivity contribution is -0.130. The van der Waals surface area contributed by atoms with Crippen LogP contribution in [0.3, 0.4) is 0 Å². The zero-order valence-corrected chi connectivity index (χ0v) is 11.9. The van der Waals surface area contributed by atoms with Gasteiger partial charge in [-0.05, 0) is 19.1 Å². The number of likely N-dealkylation sites (N-methyl/N-ethyl adjacent to an activating group) is 1. The predicted octanol–water partition coefficient (Wildman–Crippen LogP) is 0.130. The molecule has 0 bridgehead atoms. The summed E-state index contributed by atoms with van der Waals surface area (Å²) in [6.45, 7) is 5.25. The molecule has 6 heteroatoms. The highest BCUT2D eigenvalue weighted by Gasteiger charge is 2.19. The van der Waals surface area contributed by atoms with Gasteiger partial charge in [0, 0.05) is 38.9 Å². The van der Waals surface area contributed by atoms with Crippen LogP contribution in [0.15, 0.2) is 12.1 Å². The molecule has 0 aromatic carbocycles. The SMILES string of the molecule is Cc1ccc(C#N)c(N(C)CC(=O)N2CCNCC2)n1. The molecule has 0 atom stereocenters. The summed E-state index contributed by atoms with van der Waals surface area (Å²) in [5, 5.41) is 12.3. The first-order valence-electron chi connectivity index (χ1n) is 6.69. The number of aryl methyl sites for hydroxylation is 1. The van der Waals surface area contributed by atoms with E-state index in [0.717, 1.165) is 31.9 Å². The Balaban J connectivity index is 2.07. The lowest BCUT2D eigenvalue weighted by Crippen LogP contribution is -2.49. The van der Waals surface area contributed by atoms with Crippen LogP contribution in [0.2, 0.25) is 0 Å². The van der Waals surface area contributed by atoms with Gasteiger partial charge in [-0.3, -0.25) is 4.79 Å². The minimum Gasteiger partial charge on any atom is -0.349 e. The van der Waals surface area contributed by atoms with Crippen molar-refractivity contribution < 1.29 is 4.79 Å². The van der Waals surface area contributed by atoms with Crippen LogP contribution >= 0.6 is 0 Å². The summed E-state index contributed by atoms with van der Waals surface area (Å²) in [5.74, 6) is 0.636. The number of carbonyl (C=O) groups is 1. The first-order valence-corrected chi connectivity index (χ1v) is 6.69. The molecule has 1 aromatic heterocycles. The van der Waals surface area contributed by atoms with Crippen LogP contribution in [0.5, 0.6) is 0 Å². The molecule has 0 aliphatic carbocycles. The maximum atomic E-state index is 12.2. The second-order valence-corrected chi connectivity index (χ2v) is 4.92. The number of carbonyl (C=O) groups excluding carboxylic acids is 1. The Hall–Kier alpha value is -2.13. The van der Waals surface area contributed by atoms with E-state index in [2.05, 4.69) is 16.4 Å². The van der Waals surface area contributed by atoms with Crippen molar-refractivity contribution >= 4 is 11.7 Å². The smallest absolute Gasteiger partial charge is 0.242 e. The maximum absolute atomic E-state index is 12.2. The van der Waals surface area contributed by atoms with Crippen molar-refractivity contribution in [3.63, 3.8) is 0 Å². The second kappa shape index (κ2) is 6.35. The number of nitrogens with zero attached hydrogens (tertiary/aromatic N) is 4. The summed E-state index contributed by atoms with van der Waals surface area (Å²) in [5.41, 5.74) is 1.33. The van der Waals surface area contributed by atoms with Crippen molar-refractivity contribution in [3.05, 3.63) is 23.4 Å². The number of amides is 1. The first-order chi connectivity index (χ1) is 9.61. The van der Waals surface area contributed by atoms with E-state index in [-0.39, 0.29) is 12.5 Å². The summed E-state index contributed by atoms with van der Waals surface area (Å²) in [7, 11) is 1.79. The second-order valence-electron chi connectivity index (χ2n) is 4.92. The third-order valence-electron chi connectivity index (χ3n) is 3.34. The number of piperazine rings is 1. The molecule has 1 N–H and O–H groups in total. The van der Waals surface area contributed by atoms with Gasteiger partial charge in [-0.1, -0.05) is 0 Å². The van der Waals surface area contributed by atoms with Crippen molar-refractivity contribution in [2.24, 2.45) is 0 Å². The largest absolute Gasteiger partial charge is 0.349 e. The maximum Gasteiger partial charge on any atom is 0.242 e. The summed E-state index contributed by atoms with van der Waals surface area (Å²) in [4.78, 5) is 20.2. The highest BCUT2D eigenvalue weighted by molar-refractivity contribution is 5.81. The number of aromatic nitrogens is 1. The van der Waals surface area contributed by atoms with E-state index < -0.39 is 0 Å². The molecule has 1 aromatic rings. The zero-order valence-electron chi connectivity index (χ0n) is 11.9. The summed E-state index contributed by atoms with van der Waals surface area (Å²) in [6.07, 6.45) is 0. The van der Waals surface area contributed by atoms with E-state index >= 15 is 0 Å². The highest BCUT2D eigenvalue weighted by Crippen LogP contribution is 2.16. The Kier molecular flexibility index (Phi) is 4.53. The Labute approximate surface area is 119 Å². The van der Waals surface area contributed by atoms with E-state index in [1.807, 2.05) is 11.8 Å². The van der Waals surface area contributed by atoms with Gasteiger partial charge in [0.1, 0.15) is 11.9 Å². The number of nitriles is 1. The molecule has 6 nitrogen and oxygen atoms in total. The van der Waals surface area contributed by atoms with E-state index in [4.69, 9.17) is 5.26 Å². The van der Waals surface area contributed by atoms with Crippen LogP contribution in [-0.4, -0.2) is 55.6 Å². The molecule has 0 unspecified atom stereocenters. The van der Waals surface area contributed by atoms with Gasteiger partial charge in [-0.15, -0.1) is 0 Å². The van der Waals surface area contributed by atoms with Gasteiger partial charge < -0.3 is 15.1 Å². The van der Waals surface area contributed by atoms with Gasteiger partial charge in [0.15, 0.2) is 0 Å². The Morgan fingerprint density at radius 2 is 2.20 bits per heavy atom. The number of rotatable bonds is 3. The molecule has 0 radical (unpaired) electrons. The van der Waals surface area contributed by atoms with Gasteiger partial charge in [0.2, 0.25) is 5.91 Å². The molecule has 0 saturated carbocycles. The quantitative estimate of drug-likeness (QED) is 0.847. The van der Waals surface area contributed by atoms with Gasteiger partial charge in [-0.25, -0.2) is 4.98 Å². The topological polar surface area (TPSA) is 72.3 Å². The fourth-order valence-corrected chi connectivity index (χ4v) is 2.21. The molecule has 1 aliphatic rings. The minimum absolute atomic E-state index is 0.0706. The lowest BCUT2D eigenvalue weighted by Gasteiger charge is -2.29. The predicted molar refractivity (Wildman–Crippen MR) is 76.4 cm³/mol. The molecular weight excluding hydrogens is 254 g/mol. The van der Waals surface area contributed by atoms with Crippen LogP contribution in [-0.2, 0) is 4.79 Å². The van der Waals surface area contributed by atoms with Crippen molar-refractivity contribution in [2.45, 2.75) is 6.92 Å². The Bertz CT molecular complexity index is 531. The lowest BCUT2D eigenvalue weighted by atomic mass is 10.2. The van der Waals surface area contributed by atoms with Crippen LogP contribution in [0.4, 0.5) is 5.82 Å². The molecular formula is C14H19N5O. The summed E-state index contributed by atoms with van der Waals surface area (Å²) < 4.78 is 0. The van der Waals surface area contributed by atoms with Crippen molar-refractivity contribution in [3.8, 4) is 6.07 Å². The molecule has 1 fully saturated rings. The normalized spacial score (nSPS) is 14.8. The third-order valence-corrected chi connectivity index (χ3v) is 3.34. The number of hydrogen-bond donors (Lipinski definition) is 1. The fourth-order valence-electron chi connectivity index (χ4n) is 2.21. The molecule has 0 spiro atoms. The third kappa shape index (κ3) is 3.25. The van der Waals surface area contributed by atoms with E-state index in [9.17, 15) is 4.79 Å². The van der Waals surface area contributed by atoms with Gasteiger partial charge in [0.25, 0.3) is 0 Å². The number of hydrogen-bond acceptors (Lipinski definition) is 5. The first kappa shape index (κ1) is 14.3. The Morgan fingerprint density at radius 1 is 1.50 bits per heavy atom. The molecule has 2 heterocycles. The van der Waals surface area contributed by atoms with Crippen molar-refractivity contribution in [1.29, 1.82) is 5.26 Å². The van der Waals surface area contributed by atoms with E-state index in [0.29, 0.717) is 11.4 Å². The molecule has 1 saturated heterocycles. The molecule has 1 amide bonds. The minimum atomic E-state index is 0.0706. The van der Waals surface area contributed by atoms with Crippen molar-refractivity contribution in [2.75, 3.05) is 44.7 Å². The van der Waals surface area contributed by atoms with Crippen molar-refractivity contribution in [1.82, 2.24) is 15.2 Å². The molecule has 106 valence electrons. The van der Waals surface area contributed by atoms with Crippen LogP contribution in [0.25, 0.3) is 0 Å². The standard InChI is InChI=1S/C14H19N5O/c1-11-3-4-12(9-15)14(17-11)18(2)10-13(20)19-7-5-16-6-8-19/h3-4,16H,5-8,10H2,1-2H3. The highest BCUT2D eigenvalue weighted by atomic mass is 16.2. The van der Waals surface area contributed by atoms with Gasteiger partial charge in [-0.2, -0.15) is 5.26 Å². The average Bonchev–Trinajstić information content (AvgIpc) is 2.48.